The van der Waals surface area contributed by atoms with Crippen molar-refractivity contribution in [2.45, 2.75) is 17.2 Å². The highest BCUT2D eigenvalue weighted by atomic mass is 35.5. The fourth-order valence-electron chi connectivity index (χ4n) is 2.50. The minimum Gasteiger partial charge on any atom is -0.378 e. The van der Waals surface area contributed by atoms with Gasteiger partial charge in [0.15, 0.2) is 0 Å². The van der Waals surface area contributed by atoms with Crippen molar-refractivity contribution in [1.82, 2.24) is 4.98 Å². The van der Waals surface area contributed by atoms with Crippen molar-refractivity contribution >= 4 is 40.6 Å². The van der Waals surface area contributed by atoms with E-state index in [1.54, 1.807) is 18.3 Å². The van der Waals surface area contributed by atoms with E-state index < -0.39 is 0 Å². The largest absolute Gasteiger partial charge is 0.378 e. The zero-order chi connectivity index (χ0) is 17.6. The molecule has 0 aliphatic carbocycles. The fourth-order valence-corrected chi connectivity index (χ4v) is 3.56. The molecule has 1 saturated heterocycles. The van der Waals surface area contributed by atoms with Gasteiger partial charge in [0, 0.05) is 30.7 Å². The molecule has 1 aromatic heterocycles. The van der Waals surface area contributed by atoms with Gasteiger partial charge in [-0.2, -0.15) is 0 Å². The minimum absolute atomic E-state index is 0.0779. The molecule has 132 valence electrons. The van der Waals surface area contributed by atoms with Crippen LogP contribution in [0.4, 0.5) is 11.4 Å². The zero-order valence-electron chi connectivity index (χ0n) is 13.9. The van der Waals surface area contributed by atoms with E-state index in [1.807, 2.05) is 31.2 Å². The number of aromatic nitrogens is 1. The second-order valence-electron chi connectivity index (χ2n) is 5.69. The number of carbonyl (C=O) groups is 1. The topological polar surface area (TPSA) is 54.5 Å². The Kier molecular flexibility index (Phi) is 6.18. The minimum atomic E-state index is -0.300. The van der Waals surface area contributed by atoms with Gasteiger partial charge in [-0.05, 0) is 43.3 Å². The molecule has 0 bridgehead atoms. The van der Waals surface area contributed by atoms with Crippen LogP contribution in [0.5, 0.6) is 0 Å². The average Bonchev–Trinajstić information content (AvgIpc) is 2.65. The molecule has 25 heavy (non-hydrogen) atoms. The predicted molar refractivity (Wildman–Crippen MR) is 103 cm³/mol. The maximum atomic E-state index is 12.4. The molecule has 1 amide bonds. The Balaban J connectivity index is 1.57. The Morgan fingerprint density at radius 2 is 2.00 bits per heavy atom. The lowest BCUT2D eigenvalue weighted by atomic mass is 10.2. The number of ether oxygens (including phenoxy) is 1. The summed E-state index contributed by atoms with van der Waals surface area (Å²) < 4.78 is 5.37. The maximum absolute atomic E-state index is 12.4. The van der Waals surface area contributed by atoms with E-state index in [0.29, 0.717) is 10.0 Å². The van der Waals surface area contributed by atoms with Crippen LogP contribution in [0.15, 0.2) is 47.6 Å². The van der Waals surface area contributed by atoms with Crippen molar-refractivity contribution in [1.29, 1.82) is 0 Å². The van der Waals surface area contributed by atoms with E-state index in [9.17, 15) is 4.79 Å². The summed E-state index contributed by atoms with van der Waals surface area (Å²) in [6.45, 7) is 5.13. The lowest BCUT2D eigenvalue weighted by molar-refractivity contribution is -0.115. The number of benzene rings is 1. The van der Waals surface area contributed by atoms with Gasteiger partial charge in [-0.15, -0.1) is 0 Å². The van der Waals surface area contributed by atoms with Crippen LogP contribution in [0.25, 0.3) is 0 Å². The first-order chi connectivity index (χ1) is 12.1. The number of anilines is 2. The van der Waals surface area contributed by atoms with E-state index in [2.05, 4.69) is 15.2 Å². The van der Waals surface area contributed by atoms with Crippen LogP contribution in [-0.2, 0) is 9.53 Å². The lowest BCUT2D eigenvalue weighted by Gasteiger charge is -2.28. The number of hydrogen-bond donors (Lipinski definition) is 1. The number of halogens is 1. The first kappa shape index (κ1) is 18.0. The van der Waals surface area contributed by atoms with Crippen molar-refractivity contribution in [2.75, 3.05) is 36.5 Å². The summed E-state index contributed by atoms with van der Waals surface area (Å²) in [5.41, 5.74) is 1.92. The number of nitrogens with zero attached hydrogens (tertiary/aromatic N) is 2. The van der Waals surface area contributed by atoms with Crippen molar-refractivity contribution < 1.29 is 9.53 Å². The number of carbonyl (C=O) groups excluding carboxylic acids is 1. The lowest BCUT2D eigenvalue weighted by Crippen LogP contribution is -2.36. The summed E-state index contributed by atoms with van der Waals surface area (Å²) in [5, 5.41) is 3.86. The van der Waals surface area contributed by atoms with Crippen molar-refractivity contribution in [3.63, 3.8) is 0 Å². The SMILES string of the molecule is C[C@@H](Sc1ncccc1Cl)C(=O)Nc1ccc(N2CCOCC2)cc1. The third-order valence-corrected chi connectivity index (χ3v) is 5.43. The molecule has 1 fully saturated rings. The molecule has 0 unspecified atom stereocenters. The normalized spacial score (nSPS) is 15.7. The summed E-state index contributed by atoms with van der Waals surface area (Å²) >= 11 is 7.44. The molecule has 0 spiro atoms. The summed E-state index contributed by atoms with van der Waals surface area (Å²) in [4.78, 5) is 18.9. The summed E-state index contributed by atoms with van der Waals surface area (Å²) in [6, 6.07) is 11.4. The monoisotopic (exact) mass is 377 g/mol. The number of amides is 1. The Hall–Kier alpha value is -1.76. The predicted octanol–water partition coefficient (Wildman–Crippen LogP) is 3.69. The van der Waals surface area contributed by atoms with E-state index in [4.69, 9.17) is 16.3 Å². The first-order valence-corrected chi connectivity index (χ1v) is 9.40. The Morgan fingerprint density at radius 1 is 1.28 bits per heavy atom. The standard InChI is InChI=1S/C18H20ClN3O2S/c1-13(25-18-16(19)3-2-8-20-18)17(23)21-14-4-6-15(7-5-14)22-9-11-24-12-10-22/h2-8,13H,9-12H2,1H3,(H,21,23)/t13-/m1/s1. The molecule has 5 nitrogen and oxygen atoms in total. The van der Waals surface area contributed by atoms with Gasteiger partial charge in [0.25, 0.3) is 0 Å². The molecule has 7 heteroatoms. The van der Waals surface area contributed by atoms with Gasteiger partial charge in [0.2, 0.25) is 5.91 Å². The molecule has 2 heterocycles. The number of morpholine rings is 1. The average molecular weight is 378 g/mol. The molecule has 1 aromatic carbocycles. The smallest absolute Gasteiger partial charge is 0.237 e. The molecule has 1 N–H and O–H groups in total. The number of nitrogens with one attached hydrogen (secondary N) is 1. The summed E-state index contributed by atoms with van der Waals surface area (Å²) in [5.74, 6) is -0.0779. The number of thioether (sulfide) groups is 1. The van der Waals surface area contributed by atoms with Crippen LogP contribution in [-0.4, -0.2) is 42.4 Å². The molecule has 3 rings (SSSR count). The van der Waals surface area contributed by atoms with Crippen LogP contribution in [0.3, 0.4) is 0 Å². The van der Waals surface area contributed by atoms with Gasteiger partial charge in [0.1, 0.15) is 5.03 Å². The summed E-state index contributed by atoms with van der Waals surface area (Å²) in [7, 11) is 0. The van der Waals surface area contributed by atoms with Gasteiger partial charge in [-0.25, -0.2) is 4.98 Å². The van der Waals surface area contributed by atoms with E-state index in [0.717, 1.165) is 37.7 Å². The van der Waals surface area contributed by atoms with Crippen LogP contribution >= 0.6 is 23.4 Å². The van der Waals surface area contributed by atoms with Crippen LogP contribution in [0.2, 0.25) is 5.02 Å². The van der Waals surface area contributed by atoms with Gasteiger partial charge in [-0.3, -0.25) is 4.79 Å². The van der Waals surface area contributed by atoms with Gasteiger partial charge < -0.3 is 15.0 Å². The van der Waals surface area contributed by atoms with E-state index >= 15 is 0 Å². The maximum Gasteiger partial charge on any atom is 0.237 e. The van der Waals surface area contributed by atoms with Crippen molar-refractivity contribution in [2.24, 2.45) is 0 Å². The van der Waals surface area contributed by atoms with Gasteiger partial charge in [-0.1, -0.05) is 23.4 Å². The Labute approximate surface area is 156 Å². The van der Waals surface area contributed by atoms with Crippen molar-refractivity contribution in [3.05, 3.63) is 47.6 Å². The second kappa shape index (κ2) is 8.56. The molecule has 1 aliphatic rings. The zero-order valence-corrected chi connectivity index (χ0v) is 15.5. The highest BCUT2D eigenvalue weighted by Gasteiger charge is 2.17. The Morgan fingerprint density at radius 3 is 2.68 bits per heavy atom. The molecule has 0 saturated carbocycles. The van der Waals surface area contributed by atoms with Crippen LogP contribution in [0, 0.1) is 0 Å². The third kappa shape index (κ3) is 4.87. The second-order valence-corrected chi connectivity index (χ2v) is 7.42. The molecule has 2 aromatic rings. The van der Waals surface area contributed by atoms with Crippen molar-refractivity contribution in [3.8, 4) is 0 Å². The van der Waals surface area contributed by atoms with Gasteiger partial charge >= 0.3 is 0 Å². The molecule has 0 radical (unpaired) electrons. The molecular weight excluding hydrogens is 358 g/mol. The molecule has 1 aliphatic heterocycles. The Bertz CT molecular complexity index is 721. The number of rotatable bonds is 5. The first-order valence-electron chi connectivity index (χ1n) is 8.14. The highest BCUT2D eigenvalue weighted by Crippen LogP contribution is 2.28. The summed E-state index contributed by atoms with van der Waals surface area (Å²) in [6.07, 6.45) is 1.67. The number of hydrogen-bond acceptors (Lipinski definition) is 5. The quantitative estimate of drug-likeness (QED) is 0.805. The van der Waals surface area contributed by atoms with Gasteiger partial charge in [0.05, 0.1) is 23.5 Å². The molecular formula is C18H20ClN3O2S. The highest BCUT2D eigenvalue weighted by molar-refractivity contribution is 8.00. The van der Waals surface area contributed by atoms with E-state index in [1.165, 1.54) is 11.8 Å². The van der Waals surface area contributed by atoms with Crippen LogP contribution < -0.4 is 10.2 Å². The van der Waals surface area contributed by atoms with E-state index in [-0.39, 0.29) is 11.2 Å². The number of pyridine rings is 1. The fraction of sp³-hybridized carbons (Fsp3) is 0.333. The third-order valence-electron chi connectivity index (χ3n) is 3.89. The van der Waals surface area contributed by atoms with Crippen LogP contribution in [0.1, 0.15) is 6.92 Å². The molecule has 1 atom stereocenters.